The second-order valence-corrected chi connectivity index (χ2v) is 4.70. The van der Waals surface area contributed by atoms with Gasteiger partial charge in [-0.1, -0.05) is 0 Å². The highest BCUT2D eigenvalue weighted by molar-refractivity contribution is 5.85. The molecular formula is C10H20N2O2. The van der Waals surface area contributed by atoms with Crippen LogP contribution in [0.2, 0.25) is 0 Å². The van der Waals surface area contributed by atoms with Gasteiger partial charge in [-0.05, 0) is 39.5 Å². The first-order valence-electron chi connectivity index (χ1n) is 5.17. The fraction of sp³-hybridized carbons (Fsp3) is 0.900. The molecule has 0 unspecified atom stereocenters. The van der Waals surface area contributed by atoms with E-state index in [4.69, 9.17) is 5.73 Å². The predicted octanol–water partition coefficient (Wildman–Crippen LogP) is 0.143. The normalized spacial score (nSPS) is 28.6. The van der Waals surface area contributed by atoms with Gasteiger partial charge < -0.3 is 16.2 Å². The van der Waals surface area contributed by atoms with Crippen LogP contribution < -0.4 is 11.1 Å². The average molecular weight is 200 g/mol. The molecule has 14 heavy (non-hydrogen) atoms. The lowest BCUT2D eigenvalue weighted by atomic mass is 9.92. The summed E-state index contributed by atoms with van der Waals surface area (Å²) < 4.78 is 0. The number of nitrogens with one attached hydrogen (secondary N) is 1. The van der Waals surface area contributed by atoms with E-state index in [2.05, 4.69) is 5.32 Å². The van der Waals surface area contributed by atoms with E-state index in [1.54, 1.807) is 13.8 Å². The Kier molecular flexibility index (Phi) is 3.50. The highest BCUT2D eigenvalue weighted by Gasteiger charge is 2.26. The Morgan fingerprint density at radius 1 is 1.36 bits per heavy atom. The van der Waals surface area contributed by atoms with E-state index in [0.717, 1.165) is 25.7 Å². The van der Waals surface area contributed by atoms with Crippen molar-refractivity contribution in [1.29, 1.82) is 0 Å². The standard InChI is InChI=1S/C10H20N2O2/c1-10(2,11)9(14)12-7-3-5-8(13)6-4-7/h7-8,13H,3-6,11H2,1-2H3,(H,12,14)/t7-,8-. The number of carbonyl (C=O) groups is 1. The van der Waals surface area contributed by atoms with E-state index in [1.807, 2.05) is 0 Å². The molecule has 4 heteroatoms. The summed E-state index contributed by atoms with van der Waals surface area (Å²) in [6, 6.07) is 0.189. The van der Waals surface area contributed by atoms with E-state index in [1.165, 1.54) is 0 Å². The summed E-state index contributed by atoms with van der Waals surface area (Å²) in [4.78, 5) is 11.5. The molecule has 4 nitrogen and oxygen atoms in total. The third-order valence-electron chi connectivity index (χ3n) is 2.62. The predicted molar refractivity (Wildman–Crippen MR) is 54.7 cm³/mol. The van der Waals surface area contributed by atoms with Crippen LogP contribution in [-0.2, 0) is 4.79 Å². The highest BCUT2D eigenvalue weighted by Crippen LogP contribution is 2.18. The van der Waals surface area contributed by atoms with Crippen LogP contribution >= 0.6 is 0 Å². The highest BCUT2D eigenvalue weighted by atomic mass is 16.3. The Labute approximate surface area is 84.9 Å². The molecule has 0 saturated heterocycles. The zero-order valence-electron chi connectivity index (χ0n) is 8.92. The molecule has 1 saturated carbocycles. The van der Waals surface area contributed by atoms with Gasteiger partial charge in [-0.25, -0.2) is 0 Å². The molecule has 1 rings (SSSR count). The van der Waals surface area contributed by atoms with Crippen molar-refractivity contribution >= 4 is 5.91 Å². The molecule has 0 aromatic carbocycles. The first-order valence-corrected chi connectivity index (χ1v) is 5.17. The van der Waals surface area contributed by atoms with Crippen LogP contribution in [0.25, 0.3) is 0 Å². The van der Waals surface area contributed by atoms with Gasteiger partial charge in [-0.2, -0.15) is 0 Å². The number of rotatable bonds is 2. The Hall–Kier alpha value is -0.610. The van der Waals surface area contributed by atoms with Crippen LogP contribution in [0.4, 0.5) is 0 Å². The summed E-state index contributed by atoms with van der Waals surface area (Å²) in [5.74, 6) is -0.112. The number of hydrogen-bond acceptors (Lipinski definition) is 3. The summed E-state index contributed by atoms with van der Waals surface area (Å²) in [6.07, 6.45) is 3.06. The number of aliphatic hydroxyl groups excluding tert-OH is 1. The van der Waals surface area contributed by atoms with E-state index in [0.29, 0.717) is 0 Å². The first-order chi connectivity index (χ1) is 6.39. The van der Waals surface area contributed by atoms with Crippen molar-refractivity contribution in [2.45, 2.75) is 57.2 Å². The van der Waals surface area contributed by atoms with Crippen molar-refractivity contribution in [1.82, 2.24) is 5.32 Å². The Bertz CT molecular complexity index is 203. The van der Waals surface area contributed by atoms with E-state index >= 15 is 0 Å². The summed E-state index contributed by atoms with van der Waals surface area (Å²) >= 11 is 0. The molecule has 0 aromatic heterocycles. The van der Waals surface area contributed by atoms with Gasteiger partial charge in [-0.3, -0.25) is 4.79 Å². The maximum Gasteiger partial charge on any atom is 0.239 e. The molecule has 0 aromatic rings. The van der Waals surface area contributed by atoms with Crippen molar-refractivity contribution in [3.63, 3.8) is 0 Å². The molecule has 0 heterocycles. The molecule has 1 aliphatic rings. The van der Waals surface area contributed by atoms with Crippen LogP contribution in [0.1, 0.15) is 39.5 Å². The van der Waals surface area contributed by atoms with E-state index in [-0.39, 0.29) is 18.1 Å². The zero-order chi connectivity index (χ0) is 10.8. The van der Waals surface area contributed by atoms with Gasteiger partial charge in [0.2, 0.25) is 5.91 Å². The number of carbonyl (C=O) groups excluding carboxylic acids is 1. The fourth-order valence-electron chi connectivity index (χ4n) is 1.59. The van der Waals surface area contributed by atoms with E-state index < -0.39 is 5.54 Å². The summed E-state index contributed by atoms with van der Waals surface area (Å²) in [7, 11) is 0. The van der Waals surface area contributed by atoms with Crippen LogP contribution in [-0.4, -0.2) is 28.7 Å². The zero-order valence-corrected chi connectivity index (χ0v) is 8.92. The molecule has 1 fully saturated rings. The summed E-state index contributed by atoms with van der Waals surface area (Å²) in [6.45, 7) is 3.39. The molecule has 4 N–H and O–H groups in total. The topological polar surface area (TPSA) is 75.4 Å². The molecule has 1 aliphatic carbocycles. The van der Waals surface area contributed by atoms with Crippen LogP contribution in [0.15, 0.2) is 0 Å². The third kappa shape index (κ3) is 3.27. The molecule has 0 spiro atoms. The van der Waals surface area contributed by atoms with Crippen LogP contribution in [0.3, 0.4) is 0 Å². The molecule has 0 radical (unpaired) electrons. The van der Waals surface area contributed by atoms with E-state index in [9.17, 15) is 9.90 Å². The van der Waals surface area contributed by atoms with Gasteiger partial charge in [0.15, 0.2) is 0 Å². The molecule has 0 atom stereocenters. The van der Waals surface area contributed by atoms with Crippen molar-refractivity contribution in [3.05, 3.63) is 0 Å². The SMILES string of the molecule is CC(C)(N)C(=O)N[C@H]1CC[C@H](O)CC1. The lowest BCUT2D eigenvalue weighted by molar-refractivity contribution is -0.126. The molecule has 0 aliphatic heterocycles. The number of nitrogens with two attached hydrogens (primary N) is 1. The molecule has 82 valence electrons. The fourth-order valence-corrected chi connectivity index (χ4v) is 1.59. The average Bonchev–Trinajstić information content (AvgIpc) is 2.07. The summed E-state index contributed by atoms with van der Waals surface area (Å²) in [5.41, 5.74) is 4.85. The minimum Gasteiger partial charge on any atom is -0.393 e. The summed E-state index contributed by atoms with van der Waals surface area (Å²) in [5, 5.41) is 12.2. The van der Waals surface area contributed by atoms with Crippen LogP contribution in [0.5, 0.6) is 0 Å². The monoisotopic (exact) mass is 200 g/mol. The molecule has 0 bridgehead atoms. The first kappa shape index (κ1) is 11.5. The maximum absolute atomic E-state index is 11.5. The van der Waals surface area contributed by atoms with Gasteiger partial charge in [0.25, 0.3) is 0 Å². The van der Waals surface area contributed by atoms with Gasteiger partial charge >= 0.3 is 0 Å². The van der Waals surface area contributed by atoms with Gasteiger partial charge in [0.05, 0.1) is 11.6 Å². The number of amides is 1. The van der Waals surface area contributed by atoms with Crippen molar-refractivity contribution in [2.24, 2.45) is 5.73 Å². The number of hydrogen-bond donors (Lipinski definition) is 3. The largest absolute Gasteiger partial charge is 0.393 e. The van der Waals surface area contributed by atoms with Crippen molar-refractivity contribution in [3.8, 4) is 0 Å². The van der Waals surface area contributed by atoms with Gasteiger partial charge in [-0.15, -0.1) is 0 Å². The quantitative estimate of drug-likeness (QED) is 0.593. The van der Waals surface area contributed by atoms with Gasteiger partial charge in [0.1, 0.15) is 0 Å². The number of aliphatic hydroxyl groups is 1. The third-order valence-corrected chi connectivity index (χ3v) is 2.62. The Balaban J connectivity index is 2.35. The molecule has 1 amide bonds. The lowest BCUT2D eigenvalue weighted by Gasteiger charge is -2.29. The Morgan fingerprint density at radius 3 is 2.29 bits per heavy atom. The second kappa shape index (κ2) is 4.28. The van der Waals surface area contributed by atoms with Gasteiger partial charge in [0, 0.05) is 6.04 Å². The lowest BCUT2D eigenvalue weighted by Crippen LogP contribution is -2.52. The van der Waals surface area contributed by atoms with Crippen molar-refractivity contribution < 1.29 is 9.90 Å². The smallest absolute Gasteiger partial charge is 0.239 e. The molecular weight excluding hydrogens is 180 g/mol. The Morgan fingerprint density at radius 2 is 1.86 bits per heavy atom. The van der Waals surface area contributed by atoms with Crippen LogP contribution in [0, 0.1) is 0 Å². The van der Waals surface area contributed by atoms with Crippen molar-refractivity contribution in [2.75, 3.05) is 0 Å². The minimum absolute atomic E-state index is 0.112. The second-order valence-electron chi connectivity index (χ2n) is 4.70. The minimum atomic E-state index is -0.809. The maximum atomic E-state index is 11.5.